The fraction of sp³-hybridized carbons (Fsp3) is 0.273. The number of carbonyl (C=O) groups is 1. The van der Waals surface area contributed by atoms with Crippen molar-refractivity contribution in [2.75, 3.05) is 7.11 Å². The predicted molar refractivity (Wildman–Crippen MR) is 59.6 cm³/mol. The van der Waals surface area contributed by atoms with E-state index in [0.29, 0.717) is 0 Å². The maximum atomic E-state index is 12.6. The maximum absolute atomic E-state index is 12.6. The van der Waals surface area contributed by atoms with Crippen LogP contribution in [-0.2, 0) is 22.1 Å². The van der Waals surface area contributed by atoms with E-state index < -0.39 is 17.7 Å². The lowest BCUT2D eigenvalue weighted by molar-refractivity contribution is -0.139. The summed E-state index contributed by atoms with van der Waals surface area (Å²) >= 11 is 2.75. The van der Waals surface area contributed by atoms with Crippen LogP contribution in [0.2, 0.25) is 0 Å². The molecule has 96 valence electrons. The number of ether oxygens (including phenoxy) is 1. The topological polar surface area (TPSA) is 50.1 Å². The van der Waals surface area contributed by atoms with E-state index in [1.54, 1.807) is 6.07 Å². The minimum atomic E-state index is -4.56. The van der Waals surface area contributed by atoms with Gasteiger partial charge in [0.15, 0.2) is 0 Å². The number of benzene rings is 1. The van der Waals surface area contributed by atoms with Crippen LogP contribution in [0.4, 0.5) is 13.2 Å². The number of hydrogen-bond acceptors (Lipinski definition) is 3. The largest absolute Gasteiger partial charge is 0.469 e. The lowest BCUT2D eigenvalue weighted by Crippen LogP contribution is -2.11. The summed E-state index contributed by atoms with van der Waals surface area (Å²) in [5.41, 5.74) is -0.980. The van der Waals surface area contributed by atoms with Crippen molar-refractivity contribution in [2.45, 2.75) is 12.6 Å². The zero-order valence-electron chi connectivity index (χ0n) is 9.14. The van der Waals surface area contributed by atoms with E-state index >= 15 is 0 Å². The first kappa shape index (κ1) is 14.5. The van der Waals surface area contributed by atoms with Gasteiger partial charge >= 0.3 is 12.1 Å². The fourth-order valence-corrected chi connectivity index (χ4v) is 2.03. The van der Waals surface area contributed by atoms with Crippen molar-refractivity contribution in [2.24, 2.45) is 0 Å². The van der Waals surface area contributed by atoms with Gasteiger partial charge in [0.05, 0.1) is 24.7 Å². The highest BCUT2D eigenvalue weighted by Gasteiger charge is 2.34. The molecule has 0 amide bonds. The number of nitrogens with zero attached hydrogens (tertiary/aromatic N) is 1. The third-order valence-electron chi connectivity index (χ3n) is 2.21. The normalized spacial score (nSPS) is 10.9. The molecule has 0 fully saturated rings. The second kappa shape index (κ2) is 5.40. The number of halogens is 4. The molecule has 0 radical (unpaired) electrons. The van der Waals surface area contributed by atoms with E-state index in [9.17, 15) is 18.0 Å². The van der Waals surface area contributed by atoms with Gasteiger partial charge in [-0.25, -0.2) is 0 Å². The van der Waals surface area contributed by atoms with Gasteiger partial charge in [0.25, 0.3) is 0 Å². The molecule has 0 heterocycles. The average Bonchev–Trinajstić information content (AvgIpc) is 2.27. The Morgan fingerprint density at radius 1 is 1.50 bits per heavy atom. The standard InChI is InChI=1S/C11H7BrF3NO2/c1-18-9(17)4-6-2-3-8(11(13,14)15)10(12)7(6)5-16/h2-3H,4H2,1H3. The van der Waals surface area contributed by atoms with Crippen molar-refractivity contribution >= 4 is 21.9 Å². The summed E-state index contributed by atoms with van der Waals surface area (Å²) in [4.78, 5) is 11.1. The third-order valence-corrected chi connectivity index (χ3v) is 3.03. The lowest BCUT2D eigenvalue weighted by atomic mass is 10.0. The van der Waals surface area contributed by atoms with Gasteiger partial charge in [-0.1, -0.05) is 6.07 Å². The molecule has 0 aliphatic heterocycles. The molecular formula is C11H7BrF3NO2. The minimum absolute atomic E-state index is 0.184. The molecule has 0 unspecified atom stereocenters. The first-order chi connectivity index (χ1) is 8.31. The molecular weight excluding hydrogens is 315 g/mol. The molecule has 0 saturated carbocycles. The van der Waals surface area contributed by atoms with Crippen LogP contribution in [0, 0.1) is 11.3 Å². The van der Waals surface area contributed by atoms with Crippen LogP contribution in [0.1, 0.15) is 16.7 Å². The van der Waals surface area contributed by atoms with E-state index in [0.717, 1.165) is 19.2 Å². The van der Waals surface area contributed by atoms with E-state index in [4.69, 9.17) is 5.26 Å². The van der Waals surface area contributed by atoms with Gasteiger partial charge in [0, 0.05) is 4.47 Å². The molecule has 0 atom stereocenters. The summed E-state index contributed by atoms with van der Waals surface area (Å²) in [6, 6.07) is 3.57. The number of esters is 1. The first-order valence-electron chi connectivity index (χ1n) is 4.66. The van der Waals surface area contributed by atoms with Crippen LogP contribution in [0.15, 0.2) is 16.6 Å². The van der Waals surface area contributed by atoms with E-state index in [1.165, 1.54) is 0 Å². The molecule has 18 heavy (non-hydrogen) atoms. The fourth-order valence-electron chi connectivity index (χ4n) is 1.33. The number of rotatable bonds is 2. The summed E-state index contributed by atoms with van der Waals surface area (Å²) in [5.74, 6) is -0.627. The third kappa shape index (κ3) is 3.01. The van der Waals surface area contributed by atoms with Crippen LogP contribution in [0.3, 0.4) is 0 Å². The first-order valence-corrected chi connectivity index (χ1v) is 5.46. The quantitative estimate of drug-likeness (QED) is 0.787. The van der Waals surface area contributed by atoms with Crippen molar-refractivity contribution in [3.05, 3.63) is 33.3 Å². The van der Waals surface area contributed by atoms with E-state index in [2.05, 4.69) is 20.7 Å². The maximum Gasteiger partial charge on any atom is 0.417 e. The Labute approximate surface area is 109 Å². The number of hydrogen-bond donors (Lipinski definition) is 0. The van der Waals surface area contributed by atoms with Crippen molar-refractivity contribution in [1.29, 1.82) is 5.26 Å². The number of alkyl halides is 3. The molecule has 0 saturated heterocycles. The average molecular weight is 322 g/mol. The lowest BCUT2D eigenvalue weighted by Gasteiger charge is -2.12. The summed E-state index contributed by atoms with van der Waals surface area (Å²) in [7, 11) is 1.16. The Bertz CT molecular complexity index is 520. The highest BCUT2D eigenvalue weighted by molar-refractivity contribution is 9.10. The second-order valence-electron chi connectivity index (χ2n) is 3.32. The zero-order chi connectivity index (χ0) is 13.9. The molecule has 7 heteroatoms. The number of nitriles is 1. The van der Waals surface area contributed by atoms with Crippen molar-refractivity contribution in [3.63, 3.8) is 0 Å². The molecule has 1 rings (SSSR count). The summed E-state index contributed by atoms with van der Waals surface area (Å²) < 4.78 is 41.8. The molecule has 3 nitrogen and oxygen atoms in total. The monoisotopic (exact) mass is 321 g/mol. The van der Waals surface area contributed by atoms with Crippen LogP contribution in [-0.4, -0.2) is 13.1 Å². The summed E-state index contributed by atoms with van der Waals surface area (Å²) in [6.45, 7) is 0. The molecule has 0 aliphatic rings. The van der Waals surface area contributed by atoms with Crippen LogP contribution >= 0.6 is 15.9 Å². The molecule has 0 N–H and O–H groups in total. The molecule has 0 spiro atoms. The van der Waals surface area contributed by atoms with Crippen LogP contribution in [0.5, 0.6) is 0 Å². The SMILES string of the molecule is COC(=O)Cc1ccc(C(F)(F)F)c(Br)c1C#N. The molecule has 1 aromatic carbocycles. The summed E-state index contributed by atoms with van der Waals surface area (Å²) in [6.07, 6.45) is -4.82. The minimum Gasteiger partial charge on any atom is -0.469 e. The number of carbonyl (C=O) groups excluding carboxylic acids is 1. The number of methoxy groups -OCH3 is 1. The van der Waals surface area contributed by atoms with Gasteiger partial charge in [0.2, 0.25) is 0 Å². The summed E-state index contributed by atoms with van der Waals surface area (Å²) in [5, 5.41) is 8.88. The Balaban J connectivity index is 3.31. The van der Waals surface area contributed by atoms with Crippen LogP contribution in [0.25, 0.3) is 0 Å². The highest BCUT2D eigenvalue weighted by atomic mass is 79.9. The second-order valence-corrected chi connectivity index (χ2v) is 4.12. The molecule has 1 aromatic rings. The van der Waals surface area contributed by atoms with Gasteiger partial charge in [-0.05, 0) is 27.6 Å². The van der Waals surface area contributed by atoms with Gasteiger partial charge in [-0.15, -0.1) is 0 Å². The molecule has 0 aromatic heterocycles. The molecule has 0 bridgehead atoms. The zero-order valence-corrected chi connectivity index (χ0v) is 10.7. The Hall–Kier alpha value is -1.55. The molecule has 0 aliphatic carbocycles. The van der Waals surface area contributed by atoms with Crippen molar-refractivity contribution in [1.82, 2.24) is 0 Å². The van der Waals surface area contributed by atoms with Gasteiger partial charge in [-0.2, -0.15) is 18.4 Å². The predicted octanol–water partition coefficient (Wildman–Crippen LogP) is 3.06. The van der Waals surface area contributed by atoms with Gasteiger partial charge in [0.1, 0.15) is 6.07 Å². The Morgan fingerprint density at radius 3 is 2.56 bits per heavy atom. The van der Waals surface area contributed by atoms with Crippen LogP contribution < -0.4 is 0 Å². The van der Waals surface area contributed by atoms with E-state index in [1.807, 2.05) is 0 Å². The van der Waals surface area contributed by atoms with Gasteiger partial charge < -0.3 is 4.74 Å². The van der Waals surface area contributed by atoms with Gasteiger partial charge in [-0.3, -0.25) is 4.79 Å². The highest BCUT2D eigenvalue weighted by Crippen LogP contribution is 2.37. The van der Waals surface area contributed by atoms with E-state index in [-0.39, 0.29) is 22.0 Å². The Kier molecular flexibility index (Phi) is 4.35. The van der Waals surface area contributed by atoms with Crippen molar-refractivity contribution in [3.8, 4) is 6.07 Å². The smallest absolute Gasteiger partial charge is 0.417 e. The van der Waals surface area contributed by atoms with Crippen molar-refractivity contribution < 1.29 is 22.7 Å². The Morgan fingerprint density at radius 2 is 2.11 bits per heavy atom.